The minimum Gasteiger partial charge on any atom is -0.476 e. The van der Waals surface area contributed by atoms with Crippen molar-refractivity contribution in [3.05, 3.63) is 77.7 Å². The Morgan fingerprint density at radius 2 is 1.61 bits per heavy atom. The van der Waals surface area contributed by atoms with Crippen molar-refractivity contribution in [3.8, 4) is 11.1 Å². The van der Waals surface area contributed by atoms with Gasteiger partial charge in [0.05, 0.1) is 12.4 Å². The van der Waals surface area contributed by atoms with Crippen molar-refractivity contribution in [1.82, 2.24) is 15.3 Å². The van der Waals surface area contributed by atoms with Crippen LogP contribution in [-0.4, -0.2) is 52.9 Å². The lowest BCUT2D eigenvalue weighted by Crippen LogP contribution is -2.45. The molecule has 2 aromatic carbocycles. The van der Waals surface area contributed by atoms with Gasteiger partial charge in [-0.15, -0.1) is 0 Å². The molecule has 1 aliphatic heterocycles. The molecule has 2 aliphatic rings. The fourth-order valence-corrected chi connectivity index (χ4v) is 4.65. The lowest BCUT2D eigenvalue weighted by molar-refractivity contribution is 0.0690. The number of rotatable bonds is 5. The van der Waals surface area contributed by atoms with E-state index >= 15 is 0 Å². The third-order valence-corrected chi connectivity index (χ3v) is 6.34. The van der Waals surface area contributed by atoms with E-state index in [1.54, 1.807) is 0 Å². The standard InChI is InChI=1S/C25H24N4O4/c30-24(31)22-13-27-23(14-26-22)29-11-9-16(10-12-29)28-25(32)33-15-21-19-7-3-1-5-17(19)18-6-2-4-8-20(18)21/h1-8,13-14,16,21H,9-12,15H2,(H,28,32)(H,30,31). The molecule has 168 valence electrons. The Bertz CT molecular complexity index is 1130. The Morgan fingerprint density at radius 3 is 2.18 bits per heavy atom. The van der Waals surface area contributed by atoms with E-state index in [-0.39, 0.29) is 17.7 Å². The number of carboxylic acid groups (broad SMARTS) is 1. The summed E-state index contributed by atoms with van der Waals surface area (Å²) in [6.07, 6.45) is 3.82. The van der Waals surface area contributed by atoms with Gasteiger partial charge in [0.25, 0.3) is 0 Å². The molecule has 2 heterocycles. The van der Waals surface area contributed by atoms with Crippen molar-refractivity contribution in [2.45, 2.75) is 24.8 Å². The van der Waals surface area contributed by atoms with Crippen LogP contribution in [0.15, 0.2) is 60.9 Å². The zero-order valence-corrected chi connectivity index (χ0v) is 18.0. The molecule has 0 radical (unpaired) electrons. The maximum absolute atomic E-state index is 12.5. The highest BCUT2D eigenvalue weighted by atomic mass is 16.5. The molecule has 0 spiro atoms. The van der Waals surface area contributed by atoms with Gasteiger partial charge in [-0.25, -0.2) is 19.6 Å². The van der Waals surface area contributed by atoms with E-state index in [1.165, 1.54) is 34.6 Å². The minimum absolute atomic E-state index is 0.0168. The number of alkyl carbamates (subject to hydrolysis) is 1. The van der Waals surface area contributed by atoms with E-state index in [2.05, 4.69) is 39.6 Å². The fraction of sp³-hybridized carbons (Fsp3) is 0.280. The minimum atomic E-state index is -1.10. The number of carboxylic acids is 1. The van der Waals surface area contributed by atoms with Gasteiger partial charge in [0, 0.05) is 25.0 Å². The second-order valence-electron chi connectivity index (χ2n) is 8.30. The van der Waals surface area contributed by atoms with Crippen LogP contribution in [0.1, 0.15) is 40.4 Å². The predicted molar refractivity (Wildman–Crippen MR) is 122 cm³/mol. The van der Waals surface area contributed by atoms with E-state index in [9.17, 15) is 9.59 Å². The third-order valence-electron chi connectivity index (χ3n) is 6.34. The molecule has 3 aromatic rings. The Balaban J connectivity index is 1.14. The maximum atomic E-state index is 12.5. The molecule has 8 nitrogen and oxygen atoms in total. The number of carbonyl (C=O) groups excluding carboxylic acids is 1. The molecule has 8 heteroatoms. The number of benzene rings is 2. The highest BCUT2D eigenvalue weighted by Crippen LogP contribution is 2.44. The van der Waals surface area contributed by atoms with Gasteiger partial charge in [0.15, 0.2) is 5.69 Å². The summed E-state index contributed by atoms with van der Waals surface area (Å²) in [5, 5.41) is 11.9. The normalized spacial score (nSPS) is 15.6. The largest absolute Gasteiger partial charge is 0.476 e. The number of aromatic nitrogens is 2. The quantitative estimate of drug-likeness (QED) is 0.618. The summed E-state index contributed by atoms with van der Waals surface area (Å²) >= 11 is 0. The van der Waals surface area contributed by atoms with Crippen LogP contribution < -0.4 is 10.2 Å². The summed E-state index contributed by atoms with van der Waals surface area (Å²) in [7, 11) is 0. The SMILES string of the molecule is O=C(NC1CCN(c2cnc(C(=O)O)cn2)CC1)OCC1c2ccccc2-c2ccccc21. The van der Waals surface area contributed by atoms with Crippen molar-refractivity contribution in [3.63, 3.8) is 0 Å². The van der Waals surface area contributed by atoms with Gasteiger partial charge in [-0.1, -0.05) is 48.5 Å². The number of aromatic carboxylic acids is 1. The summed E-state index contributed by atoms with van der Waals surface area (Å²) in [6.45, 7) is 1.68. The number of ether oxygens (including phenoxy) is 1. The second-order valence-corrected chi connectivity index (χ2v) is 8.30. The van der Waals surface area contributed by atoms with Crippen LogP contribution in [0, 0.1) is 0 Å². The van der Waals surface area contributed by atoms with Gasteiger partial charge in [-0.3, -0.25) is 0 Å². The van der Waals surface area contributed by atoms with Crippen molar-refractivity contribution in [2.24, 2.45) is 0 Å². The molecule has 1 saturated heterocycles. The number of hydrogen-bond acceptors (Lipinski definition) is 6. The lowest BCUT2D eigenvalue weighted by Gasteiger charge is -2.32. The predicted octanol–water partition coefficient (Wildman–Crippen LogP) is 3.68. The summed E-state index contributed by atoms with van der Waals surface area (Å²) in [4.78, 5) is 33.6. The van der Waals surface area contributed by atoms with Crippen LogP contribution in [0.2, 0.25) is 0 Å². The number of carbonyl (C=O) groups is 2. The summed E-state index contributed by atoms with van der Waals surface area (Å²) in [5.74, 6) is -0.419. The molecule has 5 rings (SSSR count). The number of piperidine rings is 1. The molecule has 0 atom stereocenters. The van der Waals surface area contributed by atoms with E-state index in [1.807, 2.05) is 29.2 Å². The van der Waals surface area contributed by atoms with Crippen molar-refractivity contribution < 1.29 is 19.4 Å². The van der Waals surface area contributed by atoms with Gasteiger partial charge < -0.3 is 20.1 Å². The van der Waals surface area contributed by atoms with Crippen molar-refractivity contribution >= 4 is 17.9 Å². The number of nitrogens with one attached hydrogen (secondary N) is 1. The average Bonchev–Trinajstić information content (AvgIpc) is 3.17. The van der Waals surface area contributed by atoms with Gasteiger partial charge in [-0.2, -0.15) is 0 Å². The van der Waals surface area contributed by atoms with E-state index < -0.39 is 12.1 Å². The van der Waals surface area contributed by atoms with Gasteiger partial charge >= 0.3 is 12.1 Å². The number of nitrogens with zero attached hydrogens (tertiary/aromatic N) is 3. The van der Waals surface area contributed by atoms with Crippen LogP contribution in [0.4, 0.5) is 10.6 Å². The average molecular weight is 444 g/mol. The molecule has 0 bridgehead atoms. The first-order chi connectivity index (χ1) is 16.1. The van der Waals surface area contributed by atoms with E-state index in [0.717, 1.165) is 12.8 Å². The third kappa shape index (κ3) is 4.24. The Kier molecular flexibility index (Phi) is 5.64. The van der Waals surface area contributed by atoms with Gasteiger partial charge in [0.2, 0.25) is 0 Å². The molecule has 33 heavy (non-hydrogen) atoms. The van der Waals surface area contributed by atoms with Crippen molar-refractivity contribution in [2.75, 3.05) is 24.6 Å². The molecule has 1 fully saturated rings. The molecular weight excluding hydrogens is 420 g/mol. The van der Waals surface area contributed by atoms with Crippen LogP contribution in [0.25, 0.3) is 11.1 Å². The molecule has 0 saturated carbocycles. The molecule has 0 unspecified atom stereocenters. The molecule has 1 aromatic heterocycles. The summed E-state index contributed by atoms with van der Waals surface area (Å²) in [5.41, 5.74) is 4.71. The molecule has 1 amide bonds. The molecular formula is C25H24N4O4. The lowest BCUT2D eigenvalue weighted by atomic mass is 9.98. The van der Waals surface area contributed by atoms with Gasteiger partial charge in [-0.05, 0) is 35.1 Å². The van der Waals surface area contributed by atoms with Crippen LogP contribution >= 0.6 is 0 Å². The maximum Gasteiger partial charge on any atom is 0.407 e. The van der Waals surface area contributed by atoms with E-state index in [0.29, 0.717) is 25.5 Å². The Morgan fingerprint density at radius 1 is 0.970 bits per heavy atom. The Labute approximate surface area is 191 Å². The number of fused-ring (bicyclic) bond motifs is 3. The summed E-state index contributed by atoms with van der Waals surface area (Å²) in [6, 6.07) is 16.5. The monoisotopic (exact) mass is 444 g/mol. The van der Waals surface area contributed by atoms with Crippen LogP contribution in [0.5, 0.6) is 0 Å². The fourth-order valence-electron chi connectivity index (χ4n) is 4.65. The van der Waals surface area contributed by atoms with Crippen LogP contribution in [0.3, 0.4) is 0 Å². The van der Waals surface area contributed by atoms with E-state index in [4.69, 9.17) is 9.84 Å². The van der Waals surface area contributed by atoms with Crippen LogP contribution in [-0.2, 0) is 4.74 Å². The van der Waals surface area contributed by atoms with Gasteiger partial charge in [0.1, 0.15) is 12.4 Å². The first-order valence-electron chi connectivity index (χ1n) is 11.0. The highest BCUT2D eigenvalue weighted by Gasteiger charge is 2.29. The molecule has 2 N–H and O–H groups in total. The topological polar surface area (TPSA) is 105 Å². The Hall–Kier alpha value is -3.94. The first-order valence-corrected chi connectivity index (χ1v) is 11.0. The number of amides is 1. The number of hydrogen-bond donors (Lipinski definition) is 2. The zero-order valence-electron chi connectivity index (χ0n) is 18.0. The smallest absolute Gasteiger partial charge is 0.407 e. The second kappa shape index (κ2) is 8.90. The zero-order chi connectivity index (χ0) is 22.8. The highest BCUT2D eigenvalue weighted by molar-refractivity contribution is 5.85. The van der Waals surface area contributed by atoms with Crippen molar-refractivity contribution in [1.29, 1.82) is 0 Å². The first kappa shape index (κ1) is 20.9. The molecule has 1 aliphatic carbocycles. The number of anilines is 1. The summed E-state index contributed by atoms with van der Waals surface area (Å²) < 4.78 is 5.65.